The van der Waals surface area contributed by atoms with Crippen molar-refractivity contribution in [3.63, 3.8) is 0 Å². The van der Waals surface area contributed by atoms with E-state index in [9.17, 15) is 9.59 Å². The molecule has 0 bridgehead atoms. The number of pyridine rings is 1. The third kappa shape index (κ3) is 6.10. The number of rotatable bonds is 5. The van der Waals surface area contributed by atoms with Crippen molar-refractivity contribution < 1.29 is 9.59 Å². The summed E-state index contributed by atoms with van der Waals surface area (Å²) in [6.45, 7) is 6.59. The number of carbonyl (C=O) groups excluding carboxylic acids is 2. The number of nitrogens with one attached hydrogen (secondary N) is 1. The maximum absolute atomic E-state index is 13.3. The van der Waals surface area contributed by atoms with Crippen molar-refractivity contribution in [3.05, 3.63) is 88.6 Å². The zero-order chi connectivity index (χ0) is 27.4. The van der Waals surface area contributed by atoms with Crippen LogP contribution in [0, 0.1) is 18.3 Å². The molecule has 0 aliphatic carbocycles. The quantitative estimate of drug-likeness (QED) is 0.534. The van der Waals surface area contributed by atoms with Crippen molar-refractivity contribution in [1.29, 1.82) is 5.26 Å². The Morgan fingerprint density at radius 1 is 0.872 bits per heavy atom. The predicted molar refractivity (Wildman–Crippen MR) is 151 cm³/mol. The molecule has 2 aliphatic rings. The van der Waals surface area contributed by atoms with Gasteiger partial charge in [-0.1, -0.05) is 18.2 Å². The number of anilines is 2. The highest BCUT2D eigenvalue weighted by Gasteiger charge is 2.25. The summed E-state index contributed by atoms with van der Waals surface area (Å²) in [7, 11) is 2.07. The lowest BCUT2D eigenvalue weighted by atomic mass is 9.89. The summed E-state index contributed by atoms with van der Waals surface area (Å²) in [6, 6.07) is 19.3. The van der Waals surface area contributed by atoms with E-state index in [1.54, 1.807) is 12.3 Å². The summed E-state index contributed by atoms with van der Waals surface area (Å²) in [5, 5.41) is 12.4. The Hall–Kier alpha value is -4.22. The number of aromatic nitrogens is 1. The van der Waals surface area contributed by atoms with E-state index in [1.165, 1.54) is 5.56 Å². The second-order valence-electron chi connectivity index (χ2n) is 10.5. The number of likely N-dealkylation sites (tertiary alicyclic amines) is 1. The van der Waals surface area contributed by atoms with E-state index in [-0.39, 0.29) is 11.8 Å². The van der Waals surface area contributed by atoms with E-state index in [0.29, 0.717) is 41.5 Å². The first kappa shape index (κ1) is 26.4. The highest BCUT2D eigenvalue weighted by molar-refractivity contribution is 5.96. The van der Waals surface area contributed by atoms with Crippen LogP contribution in [-0.4, -0.2) is 77.8 Å². The minimum atomic E-state index is 0.00822. The molecule has 5 rings (SSSR count). The van der Waals surface area contributed by atoms with E-state index >= 15 is 0 Å². The number of likely N-dealkylation sites (N-methyl/N-ethyl adjacent to an activating group) is 1. The highest BCUT2D eigenvalue weighted by atomic mass is 16.2. The lowest BCUT2D eigenvalue weighted by Gasteiger charge is -2.32. The van der Waals surface area contributed by atoms with Crippen LogP contribution >= 0.6 is 0 Å². The average Bonchev–Trinajstić information content (AvgIpc) is 2.98. The smallest absolute Gasteiger partial charge is 0.255 e. The molecular weight excluding hydrogens is 488 g/mol. The van der Waals surface area contributed by atoms with Crippen molar-refractivity contribution >= 4 is 23.3 Å². The van der Waals surface area contributed by atoms with Gasteiger partial charge in [0.1, 0.15) is 5.82 Å². The van der Waals surface area contributed by atoms with E-state index < -0.39 is 0 Å². The van der Waals surface area contributed by atoms with Gasteiger partial charge in [-0.2, -0.15) is 5.26 Å². The molecule has 3 aromatic rings. The van der Waals surface area contributed by atoms with Gasteiger partial charge in [0.15, 0.2) is 0 Å². The molecule has 2 aliphatic heterocycles. The summed E-state index contributed by atoms with van der Waals surface area (Å²) in [5.74, 6) is 1.06. The Labute approximate surface area is 229 Å². The first-order valence-corrected chi connectivity index (χ1v) is 13.5. The van der Waals surface area contributed by atoms with E-state index in [2.05, 4.69) is 28.3 Å². The van der Waals surface area contributed by atoms with Crippen molar-refractivity contribution in [1.82, 2.24) is 19.7 Å². The molecule has 8 nitrogen and oxygen atoms in total. The van der Waals surface area contributed by atoms with Crippen LogP contribution in [0.1, 0.15) is 56.2 Å². The van der Waals surface area contributed by atoms with Gasteiger partial charge in [-0.15, -0.1) is 0 Å². The van der Waals surface area contributed by atoms with Gasteiger partial charge >= 0.3 is 0 Å². The SMILES string of the molecule is Cc1ccc(C(=O)N2CCC(c3ccc(C#N)cc3)CC2)cc1Nc1ccc(C(=O)N2CCN(C)CC2)cn1. The third-order valence-corrected chi connectivity index (χ3v) is 7.84. The van der Waals surface area contributed by atoms with Crippen LogP contribution in [0.5, 0.6) is 0 Å². The summed E-state index contributed by atoms with van der Waals surface area (Å²) < 4.78 is 0. The number of amides is 2. The fourth-order valence-corrected chi connectivity index (χ4v) is 5.24. The van der Waals surface area contributed by atoms with Crippen LogP contribution in [-0.2, 0) is 0 Å². The molecule has 200 valence electrons. The molecule has 3 heterocycles. The van der Waals surface area contributed by atoms with Crippen LogP contribution in [0.15, 0.2) is 60.8 Å². The second-order valence-corrected chi connectivity index (χ2v) is 10.5. The molecule has 2 saturated heterocycles. The Balaban J connectivity index is 1.20. The van der Waals surface area contributed by atoms with Gasteiger partial charge in [-0.25, -0.2) is 4.98 Å². The van der Waals surface area contributed by atoms with Gasteiger partial charge in [0, 0.05) is 56.7 Å². The number of nitriles is 1. The number of piperazine rings is 1. The van der Waals surface area contributed by atoms with Crippen LogP contribution in [0.4, 0.5) is 11.5 Å². The van der Waals surface area contributed by atoms with E-state index in [4.69, 9.17) is 5.26 Å². The average molecular weight is 523 g/mol. The van der Waals surface area contributed by atoms with Crippen LogP contribution < -0.4 is 5.32 Å². The number of carbonyl (C=O) groups is 2. The Bertz CT molecular complexity index is 1360. The molecule has 0 atom stereocenters. The van der Waals surface area contributed by atoms with Crippen molar-refractivity contribution in [2.75, 3.05) is 51.6 Å². The Morgan fingerprint density at radius 3 is 2.15 bits per heavy atom. The topological polar surface area (TPSA) is 92.6 Å². The number of piperidine rings is 1. The molecule has 0 radical (unpaired) electrons. The number of hydrogen-bond acceptors (Lipinski definition) is 6. The Kier molecular flexibility index (Phi) is 7.89. The van der Waals surface area contributed by atoms with Crippen molar-refractivity contribution in [2.24, 2.45) is 0 Å². The number of benzene rings is 2. The monoisotopic (exact) mass is 522 g/mol. The molecule has 1 N–H and O–H groups in total. The summed E-state index contributed by atoms with van der Waals surface area (Å²) in [5.41, 5.74) is 4.94. The standard InChI is InChI=1S/C31H34N6O2/c1-22-3-6-26(30(38)36-13-11-25(12-14-36)24-7-4-23(20-32)5-8-24)19-28(22)34-29-10-9-27(21-33-29)31(39)37-17-15-35(2)16-18-37/h3-10,19,21,25H,11-18H2,1-2H3,(H,33,34). The molecule has 2 fully saturated rings. The molecule has 0 unspecified atom stereocenters. The molecule has 39 heavy (non-hydrogen) atoms. The van der Waals surface area contributed by atoms with Crippen LogP contribution in [0.2, 0.25) is 0 Å². The predicted octanol–water partition coefficient (Wildman–Crippen LogP) is 4.41. The molecular formula is C31H34N6O2. The zero-order valence-corrected chi connectivity index (χ0v) is 22.6. The summed E-state index contributed by atoms with van der Waals surface area (Å²) in [6.07, 6.45) is 3.42. The number of nitrogens with zero attached hydrogens (tertiary/aromatic N) is 5. The maximum Gasteiger partial charge on any atom is 0.255 e. The van der Waals surface area contributed by atoms with Gasteiger partial charge < -0.3 is 20.0 Å². The number of hydrogen-bond donors (Lipinski definition) is 1. The van der Waals surface area contributed by atoms with Gasteiger partial charge in [-0.3, -0.25) is 9.59 Å². The van der Waals surface area contributed by atoms with Gasteiger partial charge in [-0.05, 0) is 80.3 Å². The first-order chi connectivity index (χ1) is 18.9. The van der Waals surface area contributed by atoms with Gasteiger partial charge in [0.2, 0.25) is 0 Å². The van der Waals surface area contributed by atoms with Crippen molar-refractivity contribution in [2.45, 2.75) is 25.7 Å². The van der Waals surface area contributed by atoms with Crippen LogP contribution in [0.25, 0.3) is 0 Å². The molecule has 0 saturated carbocycles. The van der Waals surface area contributed by atoms with Gasteiger partial charge in [0.05, 0.1) is 17.2 Å². The first-order valence-electron chi connectivity index (χ1n) is 13.5. The minimum absolute atomic E-state index is 0.00822. The lowest BCUT2D eigenvalue weighted by molar-refractivity contribution is 0.0662. The Morgan fingerprint density at radius 2 is 1.51 bits per heavy atom. The van der Waals surface area contributed by atoms with E-state index in [1.807, 2.05) is 65.3 Å². The summed E-state index contributed by atoms with van der Waals surface area (Å²) in [4.78, 5) is 36.6. The second kappa shape index (κ2) is 11.7. The lowest BCUT2D eigenvalue weighted by Crippen LogP contribution is -2.47. The molecule has 2 amide bonds. The third-order valence-electron chi connectivity index (χ3n) is 7.84. The molecule has 0 spiro atoms. The van der Waals surface area contributed by atoms with Crippen molar-refractivity contribution in [3.8, 4) is 6.07 Å². The number of aryl methyl sites for hydroxylation is 1. The fraction of sp³-hybridized carbons (Fsp3) is 0.355. The minimum Gasteiger partial charge on any atom is -0.340 e. The fourth-order valence-electron chi connectivity index (χ4n) is 5.24. The maximum atomic E-state index is 13.3. The van der Waals surface area contributed by atoms with Gasteiger partial charge in [0.25, 0.3) is 11.8 Å². The van der Waals surface area contributed by atoms with Crippen LogP contribution in [0.3, 0.4) is 0 Å². The normalized spacial score (nSPS) is 16.5. The highest BCUT2D eigenvalue weighted by Crippen LogP contribution is 2.29. The summed E-state index contributed by atoms with van der Waals surface area (Å²) >= 11 is 0. The molecule has 8 heteroatoms. The largest absolute Gasteiger partial charge is 0.340 e. The zero-order valence-electron chi connectivity index (χ0n) is 22.6. The molecule has 2 aromatic carbocycles. The molecule has 1 aromatic heterocycles. The van der Waals surface area contributed by atoms with E-state index in [0.717, 1.165) is 50.3 Å².